The third-order valence-electron chi connectivity index (χ3n) is 2.39. The molecule has 0 radical (unpaired) electrons. The lowest BCUT2D eigenvalue weighted by Crippen LogP contribution is -2.41. The van der Waals surface area contributed by atoms with Crippen LogP contribution in [0.3, 0.4) is 0 Å². The summed E-state index contributed by atoms with van der Waals surface area (Å²) < 4.78 is 39.2. The number of carboxylic acid groups (broad SMARTS) is 1. The van der Waals surface area contributed by atoms with Gasteiger partial charge in [-0.25, -0.2) is 12.8 Å². The summed E-state index contributed by atoms with van der Waals surface area (Å²) in [6.07, 6.45) is 1.89. The van der Waals surface area contributed by atoms with Gasteiger partial charge in [0.25, 0.3) is 0 Å². The van der Waals surface area contributed by atoms with Crippen LogP contribution in [-0.2, 0) is 14.8 Å². The summed E-state index contributed by atoms with van der Waals surface area (Å²) in [5.74, 6) is -1.60. The minimum Gasteiger partial charge on any atom is -0.480 e. The van der Waals surface area contributed by atoms with E-state index in [0.717, 1.165) is 18.2 Å². The fourth-order valence-corrected chi connectivity index (χ4v) is 3.61. The molecule has 0 bridgehead atoms. The summed E-state index contributed by atoms with van der Waals surface area (Å²) in [6.45, 7) is 0. The van der Waals surface area contributed by atoms with Gasteiger partial charge in [-0.2, -0.15) is 16.5 Å². The number of hydrogen-bond acceptors (Lipinski definition) is 4. The summed E-state index contributed by atoms with van der Waals surface area (Å²) in [5.41, 5.74) is 0. The molecule has 112 valence electrons. The molecule has 0 aromatic heterocycles. The lowest BCUT2D eigenvalue weighted by Gasteiger charge is -2.15. The standard InChI is InChI=1S/C11H13ClFNO4S2/c1-19-5-4-9(11(15)16)14-20(17,18)10-6-7(13)2-3-8(10)12/h2-3,6,9,14H,4-5H2,1H3,(H,15,16). The molecule has 0 saturated heterocycles. The summed E-state index contributed by atoms with van der Waals surface area (Å²) in [5, 5.41) is 8.82. The van der Waals surface area contributed by atoms with Crippen molar-refractivity contribution in [3.8, 4) is 0 Å². The first-order chi connectivity index (χ1) is 9.27. The van der Waals surface area contributed by atoms with Crippen molar-refractivity contribution in [2.75, 3.05) is 12.0 Å². The van der Waals surface area contributed by atoms with Gasteiger partial charge in [0.2, 0.25) is 10.0 Å². The number of sulfonamides is 1. The van der Waals surface area contributed by atoms with Crippen molar-refractivity contribution in [2.24, 2.45) is 0 Å². The molecule has 20 heavy (non-hydrogen) atoms. The lowest BCUT2D eigenvalue weighted by molar-refractivity contribution is -0.139. The second-order valence-electron chi connectivity index (χ2n) is 3.87. The van der Waals surface area contributed by atoms with E-state index in [-0.39, 0.29) is 11.4 Å². The van der Waals surface area contributed by atoms with Crippen molar-refractivity contribution in [1.29, 1.82) is 0 Å². The predicted molar refractivity (Wildman–Crippen MR) is 76.2 cm³/mol. The van der Waals surface area contributed by atoms with Gasteiger partial charge in [0, 0.05) is 0 Å². The second kappa shape index (κ2) is 7.26. The zero-order valence-corrected chi connectivity index (χ0v) is 12.9. The molecule has 1 atom stereocenters. The van der Waals surface area contributed by atoms with Crippen molar-refractivity contribution in [2.45, 2.75) is 17.4 Å². The van der Waals surface area contributed by atoms with Crippen LogP contribution in [0.5, 0.6) is 0 Å². The largest absolute Gasteiger partial charge is 0.480 e. The molecule has 0 fully saturated rings. The molecule has 1 rings (SSSR count). The Morgan fingerprint density at radius 2 is 2.20 bits per heavy atom. The molecule has 5 nitrogen and oxygen atoms in total. The molecule has 2 N–H and O–H groups in total. The molecule has 0 aliphatic carbocycles. The van der Waals surface area contributed by atoms with Gasteiger partial charge in [-0.3, -0.25) is 4.79 Å². The van der Waals surface area contributed by atoms with Crippen molar-refractivity contribution in [1.82, 2.24) is 4.72 Å². The van der Waals surface area contributed by atoms with Gasteiger partial charge in [0.1, 0.15) is 16.8 Å². The third-order valence-corrected chi connectivity index (χ3v) is 4.99. The van der Waals surface area contributed by atoms with Crippen LogP contribution in [-0.4, -0.2) is 37.5 Å². The highest BCUT2D eigenvalue weighted by atomic mass is 35.5. The van der Waals surface area contributed by atoms with Crippen LogP contribution in [0, 0.1) is 5.82 Å². The third kappa shape index (κ3) is 4.62. The van der Waals surface area contributed by atoms with Crippen LogP contribution >= 0.6 is 23.4 Å². The van der Waals surface area contributed by atoms with E-state index < -0.39 is 32.7 Å². The average molecular weight is 342 g/mol. The molecule has 1 unspecified atom stereocenters. The zero-order chi connectivity index (χ0) is 15.3. The number of rotatable bonds is 7. The van der Waals surface area contributed by atoms with Gasteiger partial charge in [-0.05, 0) is 36.6 Å². The van der Waals surface area contributed by atoms with E-state index in [9.17, 15) is 17.6 Å². The molecule has 9 heteroatoms. The number of aliphatic carboxylic acids is 1. The molecule has 0 heterocycles. The molecular weight excluding hydrogens is 329 g/mol. The van der Waals surface area contributed by atoms with Crippen molar-refractivity contribution < 1.29 is 22.7 Å². The molecule has 0 amide bonds. The SMILES string of the molecule is CSCCC(NS(=O)(=O)c1cc(F)ccc1Cl)C(=O)O. The van der Waals surface area contributed by atoms with Crippen LogP contribution in [0.1, 0.15) is 6.42 Å². The monoisotopic (exact) mass is 341 g/mol. The van der Waals surface area contributed by atoms with E-state index in [1.54, 1.807) is 6.26 Å². The number of thioether (sulfide) groups is 1. The Morgan fingerprint density at radius 3 is 2.75 bits per heavy atom. The smallest absolute Gasteiger partial charge is 0.321 e. The first kappa shape index (κ1) is 17.2. The lowest BCUT2D eigenvalue weighted by atomic mass is 10.2. The summed E-state index contributed by atoms with van der Waals surface area (Å²) in [7, 11) is -4.20. The van der Waals surface area contributed by atoms with Crippen LogP contribution in [0.4, 0.5) is 4.39 Å². The Labute approximate surface area is 125 Å². The Bertz CT molecular complexity index is 594. The molecular formula is C11H13ClFNO4S2. The summed E-state index contributed by atoms with van der Waals surface area (Å²) in [4.78, 5) is 10.5. The normalized spacial score (nSPS) is 13.2. The van der Waals surface area contributed by atoms with E-state index in [4.69, 9.17) is 16.7 Å². The van der Waals surface area contributed by atoms with Gasteiger partial charge < -0.3 is 5.11 Å². The second-order valence-corrected chi connectivity index (χ2v) is 6.94. The number of carbonyl (C=O) groups is 1. The van der Waals surface area contributed by atoms with E-state index in [1.165, 1.54) is 11.8 Å². The zero-order valence-electron chi connectivity index (χ0n) is 10.5. The fourth-order valence-electron chi connectivity index (χ4n) is 1.40. The number of nitrogens with one attached hydrogen (secondary N) is 1. The number of carboxylic acids is 1. The topological polar surface area (TPSA) is 83.5 Å². The van der Waals surface area contributed by atoms with Crippen LogP contribution in [0.2, 0.25) is 5.02 Å². The van der Waals surface area contributed by atoms with Crippen molar-refractivity contribution in [3.63, 3.8) is 0 Å². The van der Waals surface area contributed by atoms with Crippen LogP contribution < -0.4 is 4.72 Å². The van der Waals surface area contributed by atoms with E-state index in [2.05, 4.69) is 0 Å². The minimum atomic E-state index is -4.20. The molecule has 1 aromatic carbocycles. The number of hydrogen-bond donors (Lipinski definition) is 2. The van der Waals surface area contributed by atoms with E-state index >= 15 is 0 Å². The maximum Gasteiger partial charge on any atom is 0.321 e. The molecule has 1 aromatic rings. The van der Waals surface area contributed by atoms with Crippen LogP contribution in [0.15, 0.2) is 23.1 Å². The Kier molecular flexibility index (Phi) is 6.25. The van der Waals surface area contributed by atoms with Gasteiger partial charge in [0.15, 0.2) is 0 Å². The Balaban J connectivity index is 3.03. The van der Waals surface area contributed by atoms with Crippen molar-refractivity contribution >= 4 is 39.4 Å². The summed E-state index contributed by atoms with van der Waals surface area (Å²) >= 11 is 7.10. The Hall–Kier alpha value is -0.830. The maximum absolute atomic E-state index is 13.1. The van der Waals surface area contributed by atoms with Crippen LogP contribution in [0.25, 0.3) is 0 Å². The van der Waals surface area contributed by atoms with Gasteiger partial charge in [-0.1, -0.05) is 11.6 Å². The van der Waals surface area contributed by atoms with Crippen molar-refractivity contribution in [3.05, 3.63) is 29.0 Å². The quantitative estimate of drug-likeness (QED) is 0.792. The first-order valence-electron chi connectivity index (χ1n) is 5.47. The van der Waals surface area contributed by atoms with Gasteiger partial charge in [0.05, 0.1) is 5.02 Å². The molecule has 0 aliphatic heterocycles. The highest BCUT2D eigenvalue weighted by Gasteiger charge is 2.26. The molecule has 0 saturated carbocycles. The summed E-state index contributed by atoms with van der Waals surface area (Å²) in [6, 6.07) is 1.58. The van der Waals surface area contributed by atoms with E-state index in [0.29, 0.717) is 5.75 Å². The maximum atomic E-state index is 13.1. The minimum absolute atomic E-state index is 0.114. The molecule has 0 aliphatic rings. The van der Waals surface area contributed by atoms with Gasteiger partial charge in [-0.15, -0.1) is 0 Å². The number of halogens is 2. The highest BCUT2D eigenvalue weighted by molar-refractivity contribution is 7.98. The predicted octanol–water partition coefficient (Wildman–Crippen LogP) is 1.96. The number of benzene rings is 1. The fraction of sp³-hybridized carbons (Fsp3) is 0.364. The van der Waals surface area contributed by atoms with Gasteiger partial charge >= 0.3 is 5.97 Å². The average Bonchev–Trinajstić information content (AvgIpc) is 2.36. The first-order valence-corrected chi connectivity index (χ1v) is 8.72. The van der Waals surface area contributed by atoms with E-state index in [1.807, 2.05) is 4.72 Å². The highest BCUT2D eigenvalue weighted by Crippen LogP contribution is 2.22. The Morgan fingerprint density at radius 1 is 1.55 bits per heavy atom. The molecule has 0 spiro atoms.